The first-order valence-corrected chi connectivity index (χ1v) is 5.50. The molecule has 0 saturated carbocycles. The van der Waals surface area contributed by atoms with E-state index < -0.39 is 6.10 Å². The van der Waals surface area contributed by atoms with Gasteiger partial charge in [-0.2, -0.15) is 0 Å². The summed E-state index contributed by atoms with van der Waals surface area (Å²) < 4.78 is 0. The van der Waals surface area contributed by atoms with Gasteiger partial charge in [-0.05, 0) is 6.42 Å². The molecule has 1 unspecified atom stereocenters. The molecule has 1 aromatic rings. The topological polar surface area (TPSA) is 82.5 Å². The quantitative estimate of drug-likeness (QED) is 0.653. The van der Waals surface area contributed by atoms with E-state index in [0.29, 0.717) is 5.01 Å². The Kier molecular flexibility index (Phi) is 4.67. The SMILES string of the molecule is CCc1cnc(C(=O)NCC(O)CO)s1. The number of aliphatic hydroxyl groups is 2. The third kappa shape index (κ3) is 3.58. The molecule has 84 valence electrons. The lowest BCUT2D eigenvalue weighted by atomic mass is 10.4. The number of aliphatic hydroxyl groups excluding tert-OH is 2. The average molecular weight is 230 g/mol. The molecule has 15 heavy (non-hydrogen) atoms. The molecule has 5 nitrogen and oxygen atoms in total. The number of carbonyl (C=O) groups is 1. The first-order chi connectivity index (χ1) is 7.17. The van der Waals surface area contributed by atoms with Crippen LogP contribution >= 0.6 is 11.3 Å². The minimum absolute atomic E-state index is 0.0381. The van der Waals surface area contributed by atoms with Crippen LogP contribution in [-0.4, -0.2) is 40.4 Å². The number of aromatic nitrogens is 1. The summed E-state index contributed by atoms with van der Waals surface area (Å²) in [5.74, 6) is -0.313. The number of nitrogens with zero attached hydrogens (tertiary/aromatic N) is 1. The maximum atomic E-state index is 11.4. The van der Waals surface area contributed by atoms with Crippen molar-refractivity contribution in [3.8, 4) is 0 Å². The Labute approximate surface area is 91.8 Å². The fraction of sp³-hybridized carbons (Fsp3) is 0.556. The molecule has 0 aromatic carbocycles. The van der Waals surface area contributed by atoms with Gasteiger partial charge in [0, 0.05) is 17.6 Å². The number of aryl methyl sites for hydroxylation is 1. The molecule has 0 aliphatic rings. The molecule has 6 heteroatoms. The molecule has 1 atom stereocenters. The standard InChI is InChI=1S/C9H14N2O3S/c1-2-7-4-11-9(15-7)8(14)10-3-6(13)5-12/h4,6,12-13H,2-3,5H2,1H3,(H,10,14). The van der Waals surface area contributed by atoms with Gasteiger partial charge in [-0.15, -0.1) is 11.3 Å². The monoisotopic (exact) mass is 230 g/mol. The molecule has 0 aliphatic carbocycles. The highest BCUT2D eigenvalue weighted by Crippen LogP contribution is 2.12. The van der Waals surface area contributed by atoms with Crippen LogP contribution in [0.4, 0.5) is 0 Å². The van der Waals surface area contributed by atoms with Crippen molar-refractivity contribution in [3.63, 3.8) is 0 Å². The molecule has 0 aliphatic heterocycles. The maximum Gasteiger partial charge on any atom is 0.280 e. The zero-order valence-electron chi connectivity index (χ0n) is 8.43. The van der Waals surface area contributed by atoms with E-state index in [1.54, 1.807) is 6.20 Å². The van der Waals surface area contributed by atoms with Crippen molar-refractivity contribution in [2.75, 3.05) is 13.2 Å². The number of rotatable bonds is 5. The first kappa shape index (κ1) is 12.1. The Morgan fingerprint density at radius 2 is 2.47 bits per heavy atom. The zero-order valence-corrected chi connectivity index (χ0v) is 9.25. The van der Waals surface area contributed by atoms with Crippen LogP contribution in [0.2, 0.25) is 0 Å². The van der Waals surface area contributed by atoms with E-state index in [9.17, 15) is 4.79 Å². The van der Waals surface area contributed by atoms with Gasteiger partial charge >= 0.3 is 0 Å². The van der Waals surface area contributed by atoms with Crippen molar-refractivity contribution >= 4 is 17.2 Å². The van der Waals surface area contributed by atoms with Crippen LogP contribution in [0.15, 0.2) is 6.20 Å². The lowest BCUT2D eigenvalue weighted by Gasteiger charge is -2.06. The van der Waals surface area contributed by atoms with Crippen molar-refractivity contribution in [1.29, 1.82) is 0 Å². The van der Waals surface area contributed by atoms with Crippen LogP contribution in [0, 0.1) is 0 Å². The van der Waals surface area contributed by atoms with Crippen LogP contribution < -0.4 is 5.32 Å². The molecule has 1 amide bonds. The first-order valence-electron chi connectivity index (χ1n) is 4.69. The number of thiazole rings is 1. The van der Waals surface area contributed by atoms with E-state index in [4.69, 9.17) is 10.2 Å². The van der Waals surface area contributed by atoms with Crippen LogP contribution in [0.5, 0.6) is 0 Å². The van der Waals surface area contributed by atoms with Gasteiger partial charge in [-0.1, -0.05) is 6.92 Å². The molecule has 1 heterocycles. The molecule has 0 fully saturated rings. The largest absolute Gasteiger partial charge is 0.394 e. The Morgan fingerprint density at radius 1 is 1.73 bits per heavy atom. The molecule has 1 aromatic heterocycles. The van der Waals surface area contributed by atoms with E-state index in [1.807, 2.05) is 6.92 Å². The highest BCUT2D eigenvalue weighted by atomic mass is 32.1. The summed E-state index contributed by atoms with van der Waals surface area (Å²) in [6.45, 7) is 1.67. The predicted octanol–water partition coefficient (Wildman–Crippen LogP) is -0.212. The van der Waals surface area contributed by atoms with Crippen molar-refractivity contribution in [3.05, 3.63) is 16.1 Å². The fourth-order valence-electron chi connectivity index (χ4n) is 0.927. The molecule has 3 N–H and O–H groups in total. The lowest BCUT2D eigenvalue weighted by molar-refractivity contribution is 0.0802. The molecule has 0 spiro atoms. The van der Waals surface area contributed by atoms with E-state index in [-0.39, 0.29) is 19.1 Å². The molecule has 0 saturated heterocycles. The van der Waals surface area contributed by atoms with Crippen molar-refractivity contribution in [1.82, 2.24) is 10.3 Å². The van der Waals surface area contributed by atoms with Gasteiger partial charge in [0.05, 0.1) is 12.7 Å². The predicted molar refractivity (Wildman–Crippen MR) is 56.9 cm³/mol. The lowest BCUT2D eigenvalue weighted by Crippen LogP contribution is -2.33. The zero-order chi connectivity index (χ0) is 11.3. The van der Waals surface area contributed by atoms with Crippen LogP contribution in [0.1, 0.15) is 21.6 Å². The molecular formula is C9H14N2O3S. The molecule has 0 radical (unpaired) electrons. The minimum atomic E-state index is -0.917. The van der Waals surface area contributed by atoms with E-state index in [1.165, 1.54) is 11.3 Å². The van der Waals surface area contributed by atoms with Crippen LogP contribution in [0.25, 0.3) is 0 Å². The second-order valence-corrected chi connectivity index (χ2v) is 4.15. The Hall–Kier alpha value is -0.980. The van der Waals surface area contributed by atoms with Crippen molar-refractivity contribution in [2.45, 2.75) is 19.4 Å². The number of nitrogens with one attached hydrogen (secondary N) is 1. The Morgan fingerprint density at radius 3 is 3.00 bits per heavy atom. The van der Waals surface area contributed by atoms with Gasteiger partial charge in [-0.25, -0.2) is 4.98 Å². The summed E-state index contributed by atoms with van der Waals surface area (Å²) in [5.41, 5.74) is 0. The highest BCUT2D eigenvalue weighted by Gasteiger charge is 2.11. The van der Waals surface area contributed by atoms with Gasteiger partial charge in [0.25, 0.3) is 5.91 Å². The van der Waals surface area contributed by atoms with Gasteiger partial charge in [0.15, 0.2) is 5.01 Å². The number of carbonyl (C=O) groups excluding carboxylic acids is 1. The normalized spacial score (nSPS) is 12.5. The van der Waals surface area contributed by atoms with Crippen molar-refractivity contribution in [2.24, 2.45) is 0 Å². The van der Waals surface area contributed by atoms with Crippen LogP contribution in [-0.2, 0) is 6.42 Å². The van der Waals surface area contributed by atoms with E-state index in [0.717, 1.165) is 11.3 Å². The smallest absolute Gasteiger partial charge is 0.280 e. The van der Waals surface area contributed by atoms with Gasteiger partial charge in [0.1, 0.15) is 0 Å². The molecule has 1 rings (SSSR count). The second kappa shape index (κ2) is 5.79. The average Bonchev–Trinajstić information content (AvgIpc) is 2.73. The third-order valence-corrected chi connectivity index (χ3v) is 2.95. The van der Waals surface area contributed by atoms with Gasteiger partial charge in [0.2, 0.25) is 0 Å². The van der Waals surface area contributed by atoms with Gasteiger partial charge < -0.3 is 15.5 Å². The summed E-state index contributed by atoms with van der Waals surface area (Å²) >= 11 is 1.33. The highest BCUT2D eigenvalue weighted by molar-refractivity contribution is 7.13. The summed E-state index contributed by atoms with van der Waals surface area (Å²) in [7, 11) is 0. The van der Waals surface area contributed by atoms with Crippen molar-refractivity contribution < 1.29 is 15.0 Å². The maximum absolute atomic E-state index is 11.4. The summed E-state index contributed by atoms with van der Waals surface area (Å²) in [6, 6.07) is 0. The van der Waals surface area contributed by atoms with Gasteiger partial charge in [-0.3, -0.25) is 4.79 Å². The second-order valence-electron chi connectivity index (χ2n) is 3.03. The van der Waals surface area contributed by atoms with Crippen LogP contribution in [0.3, 0.4) is 0 Å². The molecular weight excluding hydrogens is 216 g/mol. The summed E-state index contributed by atoms with van der Waals surface area (Å²) in [4.78, 5) is 16.4. The molecule has 0 bridgehead atoms. The summed E-state index contributed by atoms with van der Waals surface area (Å²) in [5, 5.41) is 20.4. The number of amides is 1. The Bertz CT molecular complexity index is 327. The van der Waals surface area contributed by atoms with E-state index in [2.05, 4.69) is 10.3 Å². The Balaban J connectivity index is 2.46. The number of hydrogen-bond donors (Lipinski definition) is 3. The summed E-state index contributed by atoms with van der Waals surface area (Å²) in [6.07, 6.45) is 1.60. The van der Waals surface area contributed by atoms with E-state index >= 15 is 0 Å². The minimum Gasteiger partial charge on any atom is -0.394 e. The number of hydrogen-bond acceptors (Lipinski definition) is 5. The third-order valence-electron chi connectivity index (χ3n) is 1.81. The fourth-order valence-corrected chi connectivity index (χ4v) is 1.69.